The minimum absolute atomic E-state index is 0.137. The SMILES string of the molecule is CCOC(=O)CCCN(C(=O)C1(C)CCN1C(=O)c1csc2ccccc12)c1ccc(Cl)cc1. The van der Waals surface area contributed by atoms with Gasteiger partial charge in [-0.1, -0.05) is 29.8 Å². The molecule has 2 amide bonds. The fourth-order valence-electron chi connectivity index (χ4n) is 4.27. The number of halogens is 1. The fourth-order valence-corrected chi connectivity index (χ4v) is 5.33. The summed E-state index contributed by atoms with van der Waals surface area (Å²) >= 11 is 7.58. The fraction of sp³-hybridized carbons (Fsp3) is 0.346. The van der Waals surface area contributed by atoms with Crippen LogP contribution in [0.1, 0.15) is 43.5 Å². The third-order valence-corrected chi connectivity index (χ3v) is 7.50. The number of benzene rings is 2. The summed E-state index contributed by atoms with van der Waals surface area (Å²) in [7, 11) is 0. The molecule has 0 N–H and O–H groups in total. The van der Waals surface area contributed by atoms with Gasteiger partial charge in [-0.2, -0.15) is 0 Å². The van der Waals surface area contributed by atoms with E-state index in [9.17, 15) is 14.4 Å². The number of esters is 1. The predicted molar refractivity (Wildman–Crippen MR) is 136 cm³/mol. The Hall–Kier alpha value is -2.90. The number of thiophene rings is 1. The van der Waals surface area contributed by atoms with Crippen LogP contribution in [-0.4, -0.2) is 47.9 Å². The van der Waals surface area contributed by atoms with E-state index in [1.165, 1.54) is 11.3 Å². The summed E-state index contributed by atoms with van der Waals surface area (Å²) in [5, 5.41) is 3.34. The summed E-state index contributed by atoms with van der Waals surface area (Å²) in [6, 6.07) is 14.8. The molecule has 3 aromatic rings. The molecule has 0 radical (unpaired) electrons. The van der Waals surface area contributed by atoms with Crippen LogP contribution in [-0.2, 0) is 14.3 Å². The number of amides is 2. The lowest BCUT2D eigenvalue weighted by Crippen LogP contribution is -2.68. The van der Waals surface area contributed by atoms with Gasteiger partial charge in [0.15, 0.2) is 0 Å². The van der Waals surface area contributed by atoms with Crippen molar-refractivity contribution in [3.05, 3.63) is 64.5 Å². The molecule has 0 spiro atoms. The maximum atomic E-state index is 13.9. The van der Waals surface area contributed by atoms with Crippen LogP contribution >= 0.6 is 22.9 Å². The quantitative estimate of drug-likeness (QED) is 0.383. The van der Waals surface area contributed by atoms with Gasteiger partial charge in [0.05, 0.1) is 12.2 Å². The molecule has 1 atom stereocenters. The smallest absolute Gasteiger partial charge is 0.305 e. The molecule has 2 aromatic carbocycles. The van der Waals surface area contributed by atoms with E-state index >= 15 is 0 Å². The Balaban J connectivity index is 1.57. The van der Waals surface area contributed by atoms with Crippen LogP contribution in [0.3, 0.4) is 0 Å². The molecule has 2 heterocycles. The normalized spacial score (nSPS) is 17.3. The molecule has 4 rings (SSSR count). The van der Waals surface area contributed by atoms with Crippen molar-refractivity contribution in [1.29, 1.82) is 0 Å². The number of fused-ring (bicyclic) bond motifs is 1. The molecule has 0 bridgehead atoms. The molecule has 8 heteroatoms. The Labute approximate surface area is 208 Å². The van der Waals surface area contributed by atoms with Crippen molar-refractivity contribution in [2.24, 2.45) is 0 Å². The van der Waals surface area contributed by atoms with Crippen molar-refractivity contribution in [3.8, 4) is 0 Å². The molecule has 1 aliphatic rings. The van der Waals surface area contributed by atoms with Gasteiger partial charge < -0.3 is 14.5 Å². The van der Waals surface area contributed by atoms with Crippen LogP contribution in [0.5, 0.6) is 0 Å². The Morgan fingerprint density at radius 3 is 2.56 bits per heavy atom. The highest BCUT2D eigenvalue weighted by Crippen LogP contribution is 2.37. The lowest BCUT2D eigenvalue weighted by Gasteiger charge is -2.50. The number of carbonyl (C=O) groups is 3. The average Bonchev–Trinajstić information content (AvgIpc) is 3.25. The number of carbonyl (C=O) groups excluding carboxylic acids is 3. The number of hydrogen-bond donors (Lipinski definition) is 0. The van der Waals surface area contributed by atoms with Crippen molar-refractivity contribution in [3.63, 3.8) is 0 Å². The van der Waals surface area contributed by atoms with Crippen molar-refractivity contribution in [1.82, 2.24) is 4.90 Å². The number of anilines is 1. The number of nitrogens with zero attached hydrogens (tertiary/aromatic N) is 2. The minimum Gasteiger partial charge on any atom is -0.466 e. The molecule has 1 unspecified atom stereocenters. The van der Waals surface area contributed by atoms with E-state index in [1.807, 2.05) is 36.6 Å². The van der Waals surface area contributed by atoms with Gasteiger partial charge in [0.1, 0.15) is 5.54 Å². The van der Waals surface area contributed by atoms with E-state index in [-0.39, 0.29) is 24.2 Å². The van der Waals surface area contributed by atoms with Gasteiger partial charge in [-0.05, 0) is 57.0 Å². The van der Waals surface area contributed by atoms with E-state index in [4.69, 9.17) is 16.3 Å². The summed E-state index contributed by atoms with van der Waals surface area (Å²) in [6.45, 7) is 4.76. The van der Waals surface area contributed by atoms with Crippen LogP contribution in [0, 0.1) is 0 Å². The zero-order chi connectivity index (χ0) is 24.3. The van der Waals surface area contributed by atoms with Crippen LogP contribution in [0.15, 0.2) is 53.9 Å². The van der Waals surface area contributed by atoms with E-state index in [1.54, 1.807) is 41.0 Å². The first-order valence-corrected chi connectivity index (χ1v) is 12.6. The zero-order valence-corrected chi connectivity index (χ0v) is 20.8. The monoisotopic (exact) mass is 498 g/mol. The Bertz CT molecular complexity index is 1210. The predicted octanol–water partition coefficient (Wildman–Crippen LogP) is 5.54. The molecule has 1 saturated heterocycles. The van der Waals surface area contributed by atoms with Crippen molar-refractivity contribution >= 4 is 56.5 Å². The standard InChI is InChI=1S/C26H27ClN2O4S/c1-3-33-23(30)9-6-15-28(19-12-10-18(27)11-13-19)25(32)26(2)14-16-29(26)24(31)21-17-34-22-8-5-4-7-20(21)22/h4-5,7-8,10-13,17H,3,6,9,14-16H2,1-2H3. The Morgan fingerprint density at radius 2 is 1.88 bits per heavy atom. The maximum Gasteiger partial charge on any atom is 0.305 e. The van der Waals surface area contributed by atoms with Crippen molar-refractivity contribution in [2.75, 3.05) is 24.6 Å². The number of likely N-dealkylation sites (tertiary alicyclic amines) is 1. The third-order valence-electron chi connectivity index (χ3n) is 6.29. The molecular weight excluding hydrogens is 472 g/mol. The number of rotatable bonds is 8. The summed E-state index contributed by atoms with van der Waals surface area (Å²) < 4.78 is 6.06. The second kappa shape index (κ2) is 10.2. The molecule has 0 saturated carbocycles. The van der Waals surface area contributed by atoms with E-state index in [0.717, 1.165) is 10.1 Å². The highest BCUT2D eigenvalue weighted by atomic mass is 35.5. The van der Waals surface area contributed by atoms with Crippen molar-refractivity contribution in [2.45, 2.75) is 38.6 Å². The van der Waals surface area contributed by atoms with Gasteiger partial charge in [0.25, 0.3) is 11.8 Å². The summed E-state index contributed by atoms with van der Waals surface area (Å²) in [5.74, 6) is -0.595. The summed E-state index contributed by atoms with van der Waals surface area (Å²) in [4.78, 5) is 42.5. The van der Waals surface area contributed by atoms with E-state index in [2.05, 4.69) is 0 Å². The van der Waals surface area contributed by atoms with Gasteiger partial charge in [0, 0.05) is 45.7 Å². The van der Waals surface area contributed by atoms with Crippen LogP contribution in [0.25, 0.3) is 10.1 Å². The van der Waals surface area contributed by atoms with E-state index in [0.29, 0.717) is 48.8 Å². The minimum atomic E-state index is -0.969. The second-order valence-electron chi connectivity index (χ2n) is 8.47. The van der Waals surface area contributed by atoms with Crippen LogP contribution in [0.4, 0.5) is 5.69 Å². The van der Waals surface area contributed by atoms with Gasteiger partial charge >= 0.3 is 5.97 Å². The van der Waals surface area contributed by atoms with E-state index < -0.39 is 5.54 Å². The average molecular weight is 499 g/mol. The third kappa shape index (κ3) is 4.68. The lowest BCUT2D eigenvalue weighted by atomic mass is 9.84. The van der Waals surface area contributed by atoms with Gasteiger partial charge in [-0.3, -0.25) is 14.4 Å². The highest BCUT2D eigenvalue weighted by molar-refractivity contribution is 7.17. The van der Waals surface area contributed by atoms with Gasteiger partial charge in [0.2, 0.25) is 0 Å². The molecule has 34 heavy (non-hydrogen) atoms. The topological polar surface area (TPSA) is 66.9 Å². The van der Waals surface area contributed by atoms with Crippen molar-refractivity contribution < 1.29 is 19.1 Å². The lowest BCUT2D eigenvalue weighted by molar-refractivity contribution is -0.143. The Kier molecular flexibility index (Phi) is 7.24. The molecule has 1 fully saturated rings. The zero-order valence-electron chi connectivity index (χ0n) is 19.3. The second-order valence-corrected chi connectivity index (χ2v) is 9.82. The van der Waals surface area contributed by atoms with Crippen LogP contribution < -0.4 is 4.90 Å². The number of ether oxygens (including phenoxy) is 1. The van der Waals surface area contributed by atoms with Gasteiger partial charge in [-0.15, -0.1) is 11.3 Å². The Morgan fingerprint density at radius 1 is 1.15 bits per heavy atom. The summed E-state index contributed by atoms with van der Waals surface area (Å²) in [5.41, 5.74) is 0.336. The molecule has 178 valence electrons. The highest BCUT2D eigenvalue weighted by Gasteiger charge is 2.51. The summed E-state index contributed by atoms with van der Waals surface area (Å²) in [6.07, 6.45) is 1.24. The molecular formula is C26H27ClN2O4S. The molecule has 1 aromatic heterocycles. The maximum absolute atomic E-state index is 13.9. The first-order chi connectivity index (χ1) is 16.3. The largest absolute Gasteiger partial charge is 0.466 e. The first kappa shape index (κ1) is 24.2. The molecule has 1 aliphatic heterocycles. The number of hydrogen-bond acceptors (Lipinski definition) is 5. The first-order valence-electron chi connectivity index (χ1n) is 11.4. The molecule has 6 nitrogen and oxygen atoms in total. The van der Waals surface area contributed by atoms with Crippen LogP contribution in [0.2, 0.25) is 5.02 Å². The van der Waals surface area contributed by atoms with Gasteiger partial charge in [-0.25, -0.2) is 0 Å². The molecule has 0 aliphatic carbocycles.